The predicted octanol–water partition coefficient (Wildman–Crippen LogP) is 2.61. The van der Waals surface area contributed by atoms with E-state index in [4.69, 9.17) is 5.11 Å². The van der Waals surface area contributed by atoms with Crippen molar-refractivity contribution >= 4 is 27.5 Å². The van der Waals surface area contributed by atoms with Gasteiger partial charge < -0.3 is 5.11 Å². The number of thiophene rings is 1. The number of pyridine rings is 1. The summed E-state index contributed by atoms with van der Waals surface area (Å²) in [6.07, 6.45) is 3.11. The molecule has 0 radical (unpaired) electrons. The highest BCUT2D eigenvalue weighted by atomic mass is 32.1. The molecule has 0 bridgehead atoms. The molecule has 6 nitrogen and oxygen atoms in total. The number of aliphatic carboxylic acids is 1. The maximum atomic E-state index is 12.9. The Labute approximate surface area is 136 Å². The highest BCUT2D eigenvalue weighted by Crippen LogP contribution is 2.28. The normalized spacial score (nSPS) is 11.0. The van der Waals surface area contributed by atoms with Crippen LogP contribution in [0.4, 0.5) is 0 Å². The summed E-state index contributed by atoms with van der Waals surface area (Å²) in [5.41, 5.74) is 1.46. The summed E-state index contributed by atoms with van der Waals surface area (Å²) < 4.78 is 1.45. The van der Waals surface area contributed by atoms with E-state index in [1.807, 2.05) is 13.8 Å². The SMILES string of the molecule is Cc1sc2nc(-c3ccncc3)n(CCC(=O)O)c(=O)c2c1C. The lowest BCUT2D eigenvalue weighted by molar-refractivity contribution is -0.137. The second-order valence-electron chi connectivity index (χ2n) is 5.24. The number of fused-ring (bicyclic) bond motifs is 1. The van der Waals surface area contributed by atoms with Gasteiger partial charge in [0.05, 0.1) is 11.8 Å². The van der Waals surface area contributed by atoms with Gasteiger partial charge in [0, 0.05) is 29.4 Å². The maximum Gasteiger partial charge on any atom is 0.305 e. The molecule has 3 heterocycles. The first-order valence-electron chi connectivity index (χ1n) is 7.11. The predicted molar refractivity (Wildman–Crippen MR) is 88.8 cm³/mol. The third-order valence-electron chi connectivity index (χ3n) is 3.78. The van der Waals surface area contributed by atoms with Crippen LogP contribution in [0.15, 0.2) is 29.3 Å². The monoisotopic (exact) mass is 329 g/mol. The Hall–Kier alpha value is -2.54. The van der Waals surface area contributed by atoms with Crippen LogP contribution in [0.5, 0.6) is 0 Å². The van der Waals surface area contributed by atoms with Crippen molar-refractivity contribution in [2.45, 2.75) is 26.8 Å². The van der Waals surface area contributed by atoms with Crippen LogP contribution in [-0.4, -0.2) is 25.6 Å². The molecule has 0 saturated heterocycles. The van der Waals surface area contributed by atoms with Gasteiger partial charge >= 0.3 is 5.97 Å². The average Bonchev–Trinajstić information content (AvgIpc) is 2.82. The Balaban J connectivity index is 2.30. The second kappa shape index (κ2) is 5.92. The van der Waals surface area contributed by atoms with Gasteiger partial charge in [-0.1, -0.05) is 0 Å². The summed E-state index contributed by atoms with van der Waals surface area (Å²) >= 11 is 1.48. The zero-order valence-electron chi connectivity index (χ0n) is 12.7. The number of nitrogens with zero attached hydrogens (tertiary/aromatic N) is 3. The van der Waals surface area contributed by atoms with E-state index >= 15 is 0 Å². The molecule has 118 valence electrons. The fraction of sp³-hybridized carbons (Fsp3) is 0.250. The molecule has 0 fully saturated rings. The number of aromatic nitrogens is 3. The van der Waals surface area contributed by atoms with E-state index in [-0.39, 0.29) is 18.5 Å². The summed E-state index contributed by atoms with van der Waals surface area (Å²) in [6, 6.07) is 3.52. The molecular weight excluding hydrogens is 314 g/mol. The topological polar surface area (TPSA) is 85.1 Å². The molecule has 7 heteroatoms. The summed E-state index contributed by atoms with van der Waals surface area (Å²) in [5, 5.41) is 9.53. The minimum absolute atomic E-state index is 0.0864. The fourth-order valence-corrected chi connectivity index (χ4v) is 3.48. The van der Waals surface area contributed by atoms with E-state index in [0.29, 0.717) is 16.0 Å². The molecule has 1 N–H and O–H groups in total. The molecule has 3 aromatic heterocycles. The van der Waals surface area contributed by atoms with E-state index in [1.165, 1.54) is 15.9 Å². The Morgan fingerprint density at radius 2 is 2.00 bits per heavy atom. The zero-order chi connectivity index (χ0) is 16.6. The van der Waals surface area contributed by atoms with Crippen LogP contribution in [0.3, 0.4) is 0 Å². The first-order chi connectivity index (χ1) is 11.0. The molecule has 0 unspecified atom stereocenters. The van der Waals surface area contributed by atoms with Gasteiger partial charge in [-0.25, -0.2) is 4.98 Å². The van der Waals surface area contributed by atoms with Gasteiger partial charge in [-0.2, -0.15) is 0 Å². The first kappa shape index (κ1) is 15.4. The van der Waals surface area contributed by atoms with E-state index in [9.17, 15) is 9.59 Å². The third-order valence-corrected chi connectivity index (χ3v) is 4.88. The smallest absolute Gasteiger partial charge is 0.305 e. The standard InChI is InChI=1S/C16H15N3O3S/c1-9-10(2)23-15-13(9)16(22)19(8-5-12(20)21)14(18-15)11-3-6-17-7-4-11/h3-4,6-7H,5,8H2,1-2H3,(H,20,21). The minimum Gasteiger partial charge on any atom is -0.481 e. The van der Waals surface area contributed by atoms with Crippen molar-refractivity contribution in [2.24, 2.45) is 0 Å². The van der Waals surface area contributed by atoms with Gasteiger partial charge in [0.15, 0.2) is 0 Å². The minimum atomic E-state index is -0.948. The van der Waals surface area contributed by atoms with Crippen molar-refractivity contribution in [3.63, 3.8) is 0 Å². The number of carboxylic acid groups (broad SMARTS) is 1. The van der Waals surface area contributed by atoms with Gasteiger partial charge in [0.25, 0.3) is 5.56 Å². The Bertz CT molecular complexity index is 945. The summed E-state index contributed by atoms with van der Waals surface area (Å²) in [5.74, 6) is -0.469. The molecule has 0 saturated carbocycles. The van der Waals surface area contributed by atoms with E-state index in [0.717, 1.165) is 16.0 Å². The van der Waals surface area contributed by atoms with Crippen LogP contribution < -0.4 is 5.56 Å². The van der Waals surface area contributed by atoms with Crippen molar-refractivity contribution in [2.75, 3.05) is 0 Å². The molecule has 0 atom stereocenters. The van der Waals surface area contributed by atoms with Crippen LogP contribution in [0.25, 0.3) is 21.6 Å². The van der Waals surface area contributed by atoms with Crippen LogP contribution in [0, 0.1) is 13.8 Å². The van der Waals surface area contributed by atoms with Crippen LogP contribution in [-0.2, 0) is 11.3 Å². The number of carbonyl (C=O) groups is 1. The fourth-order valence-electron chi connectivity index (χ4n) is 2.46. The molecule has 23 heavy (non-hydrogen) atoms. The van der Waals surface area contributed by atoms with Crippen LogP contribution in [0.2, 0.25) is 0 Å². The molecule has 0 aromatic carbocycles. The Morgan fingerprint density at radius 1 is 1.30 bits per heavy atom. The molecule has 0 aliphatic carbocycles. The lowest BCUT2D eigenvalue weighted by Crippen LogP contribution is -2.24. The molecule has 0 aliphatic rings. The quantitative estimate of drug-likeness (QED) is 0.795. The Kier molecular flexibility index (Phi) is 3.96. The third kappa shape index (κ3) is 2.75. The van der Waals surface area contributed by atoms with Gasteiger partial charge in [-0.3, -0.25) is 19.1 Å². The molecule has 0 amide bonds. The van der Waals surface area contributed by atoms with Crippen LogP contribution >= 0.6 is 11.3 Å². The van der Waals surface area contributed by atoms with Gasteiger partial charge in [0.2, 0.25) is 0 Å². The number of rotatable bonds is 4. The molecule has 3 rings (SSSR count). The zero-order valence-corrected chi connectivity index (χ0v) is 13.6. The number of hydrogen-bond donors (Lipinski definition) is 1. The van der Waals surface area contributed by atoms with E-state index in [2.05, 4.69) is 9.97 Å². The number of carboxylic acids is 1. The van der Waals surface area contributed by atoms with Crippen molar-refractivity contribution < 1.29 is 9.90 Å². The van der Waals surface area contributed by atoms with Crippen molar-refractivity contribution in [3.05, 3.63) is 45.3 Å². The van der Waals surface area contributed by atoms with Crippen molar-refractivity contribution in [3.8, 4) is 11.4 Å². The molecule has 0 spiro atoms. The van der Waals surface area contributed by atoms with Gasteiger partial charge in [-0.15, -0.1) is 11.3 Å². The Morgan fingerprint density at radius 3 is 2.65 bits per heavy atom. The maximum absolute atomic E-state index is 12.9. The lowest BCUT2D eigenvalue weighted by Gasteiger charge is -2.11. The first-order valence-corrected chi connectivity index (χ1v) is 7.93. The van der Waals surface area contributed by atoms with Gasteiger partial charge in [-0.05, 0) is 31.5 Å². The largest absolute Gasteiger partial charge is 0.481 e. The van der Waals surface area contributed by atoms with Crippen LogP contribution in [0.1, 0.15) is 16.9 Å². The average molecular weight is 329 g/mol. The van der Waals surface area contributed by atoms with Crippen molar-refractivity contribution in [1.82, 2.24) is 14.5 Å². The van der Waals surface area contributed by atoms with Crippen molar-refractivity contribution in [1.29, 1.82) is 0 Å². The van der Waals surface area contributed by atoms with Gasteiger partial charge in [0.1, 0.15) is 10.7 Å². The highest BCUT2D eigenvalue weighted by molar-refractivity contribution is 7.18. The summed E-state index contributed by atoms with van der Waals surface area (Å²) in [6.45, 7) is 3.93. The van der Waals surface area contributed by atoms with E-state index in [1.54, 1.807) is 24.5 Å². The summed E-state index contributed by atoms with van der Waals surface area (Å²) in [4.78, 5) is 34.1. The molecule has 0 aliphatic heterocycles. The summed E-state index contributed by atoms with van der Waals surface area (Å²) in [7, 11) is 0. The second-order valence-corrected chi connectivity index (χ2v) is 6.44. The molecule has 3 aromatic rings. The highest BCUT2D eigenvalue weighted by Gasteiger charge is 2.17. The number of hydrogen-bond acceptors (Lipinski definition) is 5. The molecular formula is C16H15N3O3S. The lowest BCUT2D eigenvalue weighted by atomic mass is 10.2. The number of aryl methyl sites for hydroxylation is 2. The van der Waals surface area contributed by atoms with E-state index < -0.39 is 5.97 Å².